The molecule has 3 unspecified atom stereocenters. The van der Waals surface area contributed by atoms with Crippen LogP contribution in [0, 0.1) is 11.8 Å². The smallest absolute Gasteiger partial charge is 0.149 e. The largest absolute Gasteiger partial charge is 0.468 e. The molecule has 2 aliphatic rings. The molecule has 2 fully saturated rings. The monoisotopic (exact) mass is 172 g/mol. The Balaban J connectivity index is 1.90. The summed E-state index contributed by atoms with van der Waals surface area (Å²) in [5.74, 6) is 2.24. The van der Waals surface area contributed by atoms with Crippen molar-refractivity contribution in [2.45, 2.75) is 31.2 Å². The molecule has 2 saturated carbocycles. The van der Waals surface area contributed by atoms with Crippen LogP contribution >= 0.6 is 0 Å². The van der Waals surface area contributed by atoms with Crippen molar-refractivity contribution in [2.24, 2.45) is 11.8 Å². The third kappa shape index (κ3) is 1.10. The number of hydrogen-bond donors (Lipinski definition) is 0. The maximum absolute atomic E-state index is 5.46. The second kappa shape index (κ2) is 2.79. The van der Waals surface area contributed by atoms with Gasteiger partial charge in [0.05, 0.1) is 0 Å². The quantitative estimate of drug-likeness (QED) is 0.532. The molecule has 58 valence electrons. The summed E-state index contributed by atoms with van der Waals surface area (Å²) in [6.07, 6.45) is 6.17. The van der Waals surface area contributed by atoms with Gasteiger partial charge in [0.25, 0.3) is 0 Å². The molecule has 10 heavy (non-hydrogen) atoms. The summed E-state index contributed by atoms with van der Waals surface area (Å²) >= 11 is 0. The van der Waals surface area contributed by atoms with E-state index in [0.29, 0.717) is 0 Å². The highest BCUT2D eigenvalue weighted by atomic mass is 28.3. The van der Waals surface area contributed by atoms with Gasteiger partial charge in [-0.15, -0.1) is 0 Å². The second-order valence-corrected chi connectivity index (χ2v) is 7.58. The lowest BCUT2D eigenvalue weighted by molar-refractivity contribution is 0.455. The molecular weight excluding hydrogens is 156 g/mol. The molecule has 0 aromatic rings. The van der Waals surface area contributed by atoms with Gasteiger partial charge in [-0.2, -0.15) is 0 Å². The van der Waals surface area contributed by atoms with Crippen LogP contribution in [0.1, 0.15) is 25.7 Å². The highest BCUT2D eigenvalue weighted by molar-refractivity contribution is 6.36. The normalized spacial score (nSPS) is 46.2. The fourth-order valence-corrected chi connectivity index (χ4v) is 5.82. The van der Waals surface area contributed by atoms with Crippen LogP contribution in [-0.2, 0) is 4.12 Å². The first-order chi connectivity index (χ1) is 4.90. The number of hydrogen-bond acceptors (Lipinski definition) is 1. The van der Waals surface area contributed by atoms with E-state index in [1.165, 1.54) is 12.8 Å². The van der Waals surface area contributed by atoms with Crippen LogP contribution in [-0.4, -0.2) is 20.2 Å². The lowest BCUT2D eigenvalue weighted by Crippen LogP contribution is -2.13. The van der Waals surface area contributed by atoms with Crippen molar-refractivity contribution in [3.63, 3.8) is 0 Å². The van der Waals surface area contributed by atoms with Crippen molar-refractivity contribution in [3.05, 3.63) is 0 Å². The summed E-state index contributed by atoms with van der Waals surface area (Å²) in [5.41, 5.74) is 1.09. The van der Waals surface area contributed by atoms with E-state index in [0.717, 1.165) is 27.9 Å². The van der Waals surface area contributed by atoms with Gasteiger partial charge in [0.15, 0.2) is 0 Å². The average Bonchev–Trinajstić information content (AvgIpc) is 2.48. The fourth-order valence-electron chi connectivity index (χ4n) is 2.79. The zero-order chi connectivity index (χ0) is 6.97. The van der Waals surface area contributed by atoms with E-state index in [9.17, 15) is 0 Å². The van der Waals surface area contributed by atoms with Crippen LogP contribution < -0.4 is 0 Å². The molecule has 0 aromatic carbocycles. The Morgan fingerprint density at radius 1 is 1.30 bits per heavy atom. The van der Waals surface area contributed by atoms with E-state index >= 15 is 0 Å². The Hall–Kier alpha value is 0.394. The van der Waals surface area contributed by atoms with Gasteiger partial charge in [0, 0.05) is 0 Å². The summed E-state index contributed by atoms with van der Waals surface area (Å²) in [6.45, 7) is 0. The Bertz CT molecular complexity index is 129. The number of fused-ring (bicyclic) bond motifs is 2. The maximum atomic E-state index is 5.46. The highest BCUT2D eigenvalue weighted by Gasteiger charge is 2.39. The molecule has 2 rings (SSSR count). The SMILES string of the molecule is [SiH3]O[SiH2]C1CC2CCC1C2. The minimum absolute atomic E-state index is 0.0681. The predicted molar refractivity (Wildman–Crippen MR) is 48.8 cm³/mol. The molecule has 0 amide bonds. The summed E-state index contributed by atoms with van der Waals surface area (Å²) < 4.78 is 5.46. The summed E-state index contributed by atoms with van der Waals surface area (Å²) in [6, 6.07) is 0. The van der Waals surface area contributed by atoms with Crippen molar-refractivity contribution in [1.82, 2.24) is 0 Å². The zero-order valence-corrected chi connectivity index (χ0v) is 10.1. The van der Waals surface area contributed by atoms with E-state index in [1.807, 2.05) is 0 Å². The summed E-state index contributed by atoms with van der Waals surface area (Å²) in [5, 5.41) is 0. The summed E-state index contributed by atoms with van der Waals surface area (Å²) in [7, 11) is 0.926. The van der Waals surface area contributed by atoms with Crippen molar-refractivity contribution in [3.8, 4) is 0 Å². The first-order valence-electron chi connectivity index (χ1n) is 4.39. The van der Waals surface area contributed by atoms with Crippen molar-refractivity contribution < 1.29 is 4.12 Å². The van der Waals surface area contributed by atoms with Gasteiger partial charge >= 0.3 is 0 Å². The highest BCUT2D eigenvalue weighted by Crippen LogP contribution is 2.51. The molecular formula is C7H16OSi2. The molecule has 0 heterocycles. The molecule has 0 aromatic heterocycles. The van der Waals surface area contributed by atoms with Crippen LogP contribution in [0.15, 0.2) is 0 Å². The maximum Gasteiger partial charge on any atom is 0.149 e. The van der Waals surface area contributed by atoms with E-state index < -0.39 is 0 Å². The molecule has 0 N–H and O–H groups in total. The van der Waals surface area contributed by atoms with Gasteiger partial charge in [-0.1, -0.05) is 12.8 Å². The van der Waals surface area contributed by atoms with Gasteiger partial charge in [-0.25, -0.2) is 0 Å². The predicted octanol–water partition coefficient (Wildman–Crippen LogP) is -0.0243. The Kier molecular flexibility index (Phi) is 1.97. The van der Waals surface area contributed by atoms with E-state index in [-0.39, 0.29) is 9.76 Å². The van der Waals surface area contributed by atoms with E-state index in [2.05, 4.69) is 0 Å². The Morgan fingerprint density at radius 3 is 2.70 bits per heavy atom. The molecule has 3 heteroatoms. The average molecular weight is 172 g/mol. The van der Waals surface area contributed by atoms with Crippen molar-refractivity contribution >= 4 is 20.2 Å². The molecule has 2 aliphatic carbocycles. The molecule has 0 spiro atoms. The van der Waals surface area contributed by atoms with E-state index in [1.54, 1.807) is 12.8 Å². The van der Waals surface area contributed by atoms with Crippen LogP contribution in [0.25, 0.3) is 0 Å². The van der Waals surface area contributed by atoms with E-state index in [4.69, 9.17) is 4.12 Å². The van der Waals surface area contributed by atoms with Gasteiger partial charge < -0.3 is 4.12 Å². The minimum Gasteiger partial charge on any atom is -0.468 e. The van der Waals surface area contributed by atoms with Crippen molar-refractivity contribution in [1.29, 1.82) is 0 Å². The van der Waals surface area contributed by atoms with Crippen LogP contribution in [0.5, 0.6) is 0 Å². The van der Waals surface area contributed by atoms with Gasteiger partial charge in [0.1, 0.15) is 20.2 Å². The van der Waals surface area contributed by atoms with Gasteiger partial charge in [-0.3, -0.25) is 0 Å². The second-order valence-electron chi connectivity index (χ2n) is 3.89. The third-order valence-corrected chi connectivity index (χ3v) is 6.03. The topological polar surface area (TPSA) is 9.23 Å². The van der Waals surface area contributed by atoms with Gasteiger partial charge in [0.2, 0.25) is 0 Å². The van der Waals surface area contributed by atoms with Gasteiger partial charge in [-0.05, 0) is 30.2 Å². The lowest BCUT2D eigenvalue weighted by atomic mass is 10.0. The molecule has 0 radical (unpaired) electrons. The lowest BCUT2D eigenvalue weighted by Gasteiger charge is -2.19. The van der Waals surface area contributed by atoms with Crippen molar-refractivity contribution in [2.75, 3.05) is 0 Å². The fraction of sp³-hybridized carbons (Fsp3) is 1.00. The molecule has 0 aliphatic heterocycles. The molecule has 2 bridgehead atoms. The zero-order valence-electron chi connectivity index (χ0n) is 6.68. The Morgan fingerprint density at radius 2 is 2.20 bits per heavy atom. The molecule has 1 nitrogen and oxygen atoms in total. The number of rotatable bonds is 2. The first kappa shape index (κ1) is 7.07. The summed E-state index contributed by atoms with van der Waals surface area (Å²) in [4.78, 5) is 0. The molecule has 3 atom stereocenters. The standard InChI is InChI=1S/C7H16OSi2/c9-8-10-7-4-5-1-2-6(7)3-5/h5-7H,1-4,10H2,9H3. The Labute approximate surface area is 68.0 Å². The first-order valence-corrected chi connectivity index (χ1v) is 6.60. The molecule has 0 saturated heterocycles. The van der Waals surface area contributed by atoms with Crippen LogP contribution in [0.2, 0.25) is 5.54 Å². The van der Waals surface area contributed by atoms with Crippen LogP contribution in [0.3, 0.4) is 0 Å². The minimum atomic E-state index is -0.0681. The van der Waals surface area contributed by atoms with Crippen LogP contribution in [0.4, 0.5) is 0 Å². The third-order valence-electron chi connectivity index (χ3n) is 3.27.